The molecule has 1 rings (SSSR count). The molecular formula is C6H6BrClN2. The number of hydrogen-bond donors (Lipinski definition) is 1. The van der Waals surface area contributed by atoms with Crippen LogP contribution in [0.1, 0.15) is 5.69 Å². The summed E-state index contributed by atoms with van der Waals surface area (Å²) in [7, 11) is 0. The number of aromatic nitrogens is 1. The molecule has 0 radical (unpaired) electrons. The maximum absolute atomic E-state index is 5.69. The minimum Gasteiger partial charge on any atom is -0.325 e. The Kier molecular flexibility index (Phi) is 2.65. The number of nitrogens with zero attached hydrogens (tertiary/aromatic N) is 1. The van der Waals surface area contributed by atoms with Crippen molar-refractivity contribution in [3.05, 3.63) is 27.5 Å². The Morgan fingerprint density at radius 3 is 2.90 bits per heavy atom. The maximum atomic E-state index is 5.69. The van der Waals surface area contributed by atoms with E-state index < -0.39 is 0 Å². The Bertz CT molecular complexity index is 239. The lowest BCUT2D eigenvalue weighted by atomic mass is 10.3. The summed E-state index contributed by atoms with van der Waals surface area (Å²) in [5.74, 6) is 0. The molecule has 0 saturated carbocycles. The van der Waals surface area contributed by atoms with E-state index in [0.717, 1.165) is 10.2 Å². The Balaban J connectivity index is 3.04. The average Bonchev–Trinajstić information content (AvgIpc) is 1.95. The van der Waals surface area contributed by atoms with Crippen LogP contribution in [-0.2, 0) is 6.54 Å². The Morgan fingerprint density at radius 1 is 1.70 bits per heavy atom. The van der Waals surface area contributed by atoms with Crippen LogP contribution in [0.4, 0.5) is 0 Å². The second kappa shape index (κ2) is 3.32. The van der Waals surface area contributed by atoms with Gasteiger partial charge in [0.05, 0.1) is 10.7 Å². The van der Waals surface area contributed by atoms with Gasteiger partial charge in [0.25, 0.3) is 0 Å². The zero-order chi connectivity index (χ0) is 7.56. The summed E-state index contributed by atoms with van der Waals surface area (Å²) in [6.07, 6.45) is 1.58. The zero-order valence-corrected chi connectivity index (χ0v) is 7.48. The lowest BCUT2D eigenvalue weighted by Crippen LogP contribution is -1.98. The maximum Gasteiger partial charge on any atom is 0.0731 e. The first-order valence-electron chi connectivity index (χ1n) is 2.74. The van der Waals surface area contributed by atoms with E-state index in [4.69, 9.17) is 17.3 Å². The van der Waals surface area contributed by atoms with Gasteiger partial charge in [0.15, 0.2) is 0 Å². The third kappa shape index (κ3) is 1.68. The third-order valence-corrected chi connectivity index (χ3v) is 2.26. The quantitative estimate of drug-likeness (QED) is 0.787. The summed E-state index contributed by atoms with van der Waals surface area (Å²) in [6.45, 7) is 0.440. The fourth-order valence-corrected chi connectivity index (χ4v) is 1.04. The molecule has 0 aliphatic rings. The van der Waals surface area contributed by atoms with Crippen LogP contribution < -0.4 is 5.73 Å². The second-order valence-corrected chi connectivity index (χ2v) is 3.06. The molecule has 0 aromatic carbocycles. The number of hydrogen-bond acceptors (Lipinski definition) is 2. The van der Waals surface area contributed by atoms with Gasteiger partial charge in [-0.25, -0.2) is 0 Å². The van der Waals surface area contributed by atoms with E-state index in [1.54, 1.807) is 6.20 Å². The highest BCUT2D eigenvalue weighted by atomic mass is 79.9. The lowest BCUT2D eigenvalue weighted by molar-refractivity contribution is 0.988. The van der Waals surface area contributed by atoms with Gasteiger partial charge in [-0.15, -0.1) is 0 Å². The summed E-state index contributed by atoms with van der Waals surface area (Å²) in [6, 6.07) is 1.81. The van der Waals surface area contributed by atoms with Crippen molar-refractivity contribution >= 4 is 27.5 Å². The first-order chi connectivity index (χ1) is 4.74. The molecule has 4 heteroatoms. The minimum atomic E-state index is 0.440. The van der Waals surface area contributed by atoms with Gasteiger partial charge in [0.2, 0.25) is 0 Å². The van der Waals surface area contributed by atoms with Gasteiger partial charge in [-0.2, -0.15) is 0 Å². The Hall–Kier alpha value is -0.120. The number of pyridine rings is 1. The van der Waals surface area contributed by atoms with Gasteiger partial charge in [0.1, 0.15) is 0 Å². The fourth-order valence-electron chi connectivity index (χ4n) is 0.565. The van der Waals surface area contributed by atoms with Crippen LogP contribution in [0.15, 0.2) is 16.7 Å². The van der Waals surface area contributed by atoms with E-state index in [9.17, 15) is 0 Å². The Morgan fingerprint density at radius 2 is 2.40 bits per heavy atom. The first-order valence-corrected chi connectivity index (χ1v) is 3.91. The van der Waals surface area contributed by atoms with Crippen LogP contribution in [0.5, 0.6) is 0 Å². The lowest BCUT2D eigenvalue weighted by Gasteiger charge is -1.97. The predicted octanol–water partition coefficient (Wildman–Crippen LogP) is 1.96. The summed E-state index contributed by atoms with van der Waals surface area (Å²) < 4.78 is 0.838. The van der Waals surface area contributed by atoms with Crippen LogP contribution in [0.25, 0.3) is 0 Å². The smallest absolute Gasteiger partial charge is 0.0731 e. The van der Waals surface area contributed by atoms with Crippen LogP contribution in [0, 0.1) is 0 Å². The van der Waals surface area contributed by atoms with Crippen LogP contribution >= 0.6 is 27.5 Å². The van der Waals surface area contributed by atoms with Gasteiger partial charge in [-0.3, -0.25) is 4.98 Å². The van der Waals surface area contributed by atoms with Crippen molar-refractivity contribution in [3.63, 3.8) is 0 Å². The molecule has 1 aromatic rings. The highest BCUT2D eigenvalue weighted by Crippen LogP contribution is 2.20. The highest BCUT2D eigenvalue weighted by molar-refractivity contribution is 9.10. The second-order valence-electron chi connectivity index (χ2n) is 1.79. The minimum absolute atomic E-state index is 0.440. The van der Waals surface area contributed by atoms with Gasteiger partial charge in [0, 0.05) is 17.2 Å². The number of nitrogens with two attached hydrogens (primary N) is 1. The van der Waals surface area contributed by atoms with E-state index in [-0.39, 0.29) is 0 Å². The summed E-state index contributed by atoms with van der Waals surface area (Å²) in [4.78, 5) is 3.97. The van der Waals surface area contributed by atoms with Crippen molar-refractivity contribution in [2.24, 2.45) is 5.73 Å². The summed E-state index contributed by atoms with van der Waals surface area (Å²) >= 11 is 8.95. The van der Waals surface area contributed by atoms with E-state index in [1.807, 2.05) is 6.07 Å². The van der Waals surface area contributed by atoms with Gasteiger partial charge in [-0.1, -0.05) is 11.6 Å². The monoisotopic (exact) mass is 220 g/mol. The molecule has 1 aromatic heterocycles. The van der Waals surface area contributed by atoms with Crippen molar-refractivity contribution in [1.29, 1.82) is 0 Å². The third-order valence-electron chi connectivity index (χ3n) is 1.07. The van der Waals surface area contributed by atoms with E-state index in [0.29, 0.717) is 11.6 Å². The largest absolute Gasteiger partial charge is 0.325 e. The summed E-state index contributed by atoms with van der Waals surface area (Å²) in [5, 5.41) is 0.609. The summed E-state index contributed by atoms with van der Waals surface area (Å²) in [5.41, 5.74) is 6.17. The molecule has 54 valence electrons. The molecule has 2 nitrogen and oxygen atoms in total. The van der Waals surface area contributed by atoms with Crippen LogP contribution in [0.3, 0.4) is 0 Å². The van der Waals surface area contributed by atoms with E-state index >= 15 is 0 Å². The Labute approximate surface area is 72.5 Å². The van der Waals surface area contributed by atoms with Crippen LogP contribution in [0.2, 0.25) is 5.02 Å². The van der Waals surface area contributed by atoms with Gasteiger partial charge >= 0.3 is 0 Å². The predicted molar refractivity (Wildman–Crippen MR) is 44.8 cm³/mol. The molecule has 0 saturated heterocycles. The molecule has 2 N–H and O–H groups in total. The van der Waals surface area contributed by atoms with E-state index in [2.05, 4.69) is 20.9 Å². The fraction of sp³-hybridized carbons (Fsp3) is 0.167. The zero-order valence-electron chi connectivity index (χ0n) is 5.14. The van der Waals surface area contributed by atoms with E-state index in [1.165, 1.54) is 0 Å². The molecule has 0 aliphatic heterocycles. The van der Waals surface area contributed by atoms with Gasteiger partial charge in [-0.05, 0) is 22.0 Å². The van der Waals surface area contributed by atoms with Crippen LogP contribution in [-0.4, -0.2) is 4.98 Å². The van der Waals surface area contributed by atoms with Crippen molar-refractivity contribution in [3.8, 4) is 0 Å². The van der Waals surface area contributed by atoms with Gasteiger partial charge < -0.3 is 5.73 Å². The van der Waals surface area contributed by atoms with Crippen molar-refractivity contribution in [2.75, 3.05) is 0 Å². The molecule has 0 aliphatic carbocycles. The molecule has 0 atom stereocenters. The SMILES string of the molecule is NCc1cc(Br)c(Cl)cn1. The van der Waals surface area contributed by atoms with Crippen molar-refractivity contribution in [2.45, 2.75) is 6.54 Å². The molecule has 0 spiro atoms. The number of halogens is 2. The average molecular weight is 221 g/mol. The highest BCUT2D eigenvalue weighted by Gasteiger charge is 1.97. The first kappa shape index (κ1) is 7.98. The standard InChI is InChI=1S/C6H6BrClN2/c7-5-1-4(2-9)10-3-6(5)8/h1,3H,2,9H2. The molecule has 10 heavy (non-hydrogen) atoms. The normalized spacial score (nSPS) is 9.90. The molecule has 1 heterocycles. The molecule has 0 bridgehead atoms. The number of rotatable bonds is 1. The molecule has 0 unspecified atom stereocenters. The topological polar surface area (TPSA) is 38.9 Å². The molecule has 0 fully saturated rings. The molecule has 0 amide bonds. The van der Waals surface area contributed by atoms with Crippen molar-refractivity contribution < 1.29 is 0 Å². The molecular weight excluding hydrogens is 215 g/mol. The van der Waals surface area contributed by atoms with Crippen molar-refractivity contribution in [1.82, 2.24) is 4.98 Å².